The van der Waals surface area contributed by atoms with Gasteiger partial charge in [0.15, 0.2) is 9.84 Å². The number of nitrogens with zero attached hydrogens (tertiary/aromatic N) is 3. The Morgan fingerprint density at radius 3 is 2.52 bits per heavy atom. The van der Waals surface area contributed by atoms with Gasteiger partial charge >= 0.3 is 0 Å². The van der Waals surface area contributed by atoms with Crippen LogP contribution in [-0.2, 0) is 16.4 Å². The molecule has 1 N–H and O–H groups in total. The fourth-order valence-electron chi connectivity index (χ4n) is 2.13. The van der Waals surface area contributed by atoms with E-state index in [4.69, 9.17) is 0 Å². The summed E-state index contributed by atoms with van der Waals surface area (Å²) in [5.41, 5.74) is 2.27. The summed E-state index contributed by atoms with van der Waals surface area (Å²) >= 11 is 0. The molecule has 0 aliphatic heterocycles. The smallest absolute Gasteiger partial charge is 0.225 e. The lowest BCUT2D eigenvalue weighted by atomic mass is 10.3. The van der Waals surface area contributed by atoms with Gasteiger partial charge in [-0.05, 0) is 25.1 Å². The van der Waals surface area contributed by atoms with Gasteiger partial charge in [-0.15, -0.1) is 0 Å². The monoisotopic (exact) mass is 334 g/mol. The maximum Gasteiger partial charge on any atom is 0.225 e. The molecule has 23 heavy (non-hydrogen) atoms. The Morgan fingerprint density at radius 1 is 1.17 bits per heavy atom. The first-order valence-electron chi connectivity index (χ1n) is 7.41. The second kappa shape index (κ2) is 6.95. The van der Waals surface area contributed by atoms with Crippen LogP contribution in [0.3, 0.4) is 0 Å². The van der Waals surface area contributed by atoms with Crippen molar-refractivity contribution in [2.45, 2.75) is 25.3 Å². The standard InChI is InChI=1S/C16H22N4O2S/c1-5-23(21,22)15-9-7-6-8-14(15)17-11-13-10-12(2)18-16(19-13)20(3)4/h6-10,17H,5,11H2,1-4H3. The van der Waals surface area contributed by atoms with Crippen molar-refractivity contribution in [2.24, 2.45) is 0 Å². The Kier molecular flexibility index (Phi) is 5.20. The topological polar surface area (TPSA) is 75.2 Å². The SMILES string of the molecule is CCS(=O)(=O)c1ccccc1NCc1cc(C)nc(N(C)C)n1. The molecule has 0 bridgehead atoms. The quantitative estimate of drug-likeness (QED) is 0.873. The molecule has 0 aliphatic rings. The van der Waals surface area contributed by atoms with Gasteiger partial charge in [0.1, 0.15) is 0 Å². The molecular formula is C16H22N4O2S. The molecule has 2 aromatic rings. The van der Waals surface area contributed by atoms with E-state index in [0.29, 0.717) is 23.1 Å². The number of para-hydroxylation sites is 1. The van der Waals surface area contributed by atoms with Crippen LogP contribution in [0.5, 0.6) is 0 Å². The van der Waals surface area contributed by atoms with E-state index in [1.54, 1.807) is 25.1 Å². The van der Waals surface area contributed by atoms with Gasteiger partial charge in [-0.25, -0.2) is 18.4 Å². The summed E-state index contributed by atoms with van der Waals surface area (Å²) in [6.45, 7) is 3.98. The molecule has 0 saturated heterocycles. The molecule has 0 radical (unpaired) electrons. The number of aromatic nitrogens is 2. The molecule has 1 aromatic heterocycles. The molecule has 0 fully saturated rings. The van der Waals surface area contributed by atoms with Gasteiger partial charge in [0.05, 0.1) is 28.6 Å². The molecule has 0 aliphatic carbocycles. The first kappa shape index (κ1) is 17.2. The van der Waals surface area contributed by atoms with Crippen LogP contribution in [-0.4, -0.2) is 38.2 Å². The lowest BCUT2D eigenvalue weighted by Crippen LogP contribution is -2.15. The second-order valence-electron chi connectivity index (χ2n) is 5.45. The first-order chi connectivity index (χ1) is 10.8. The molecule has 1 heterocycles. The molecule has 7 heteroatoms. The van der Waals surface area contributed by atoms with E-state index in [2.05, 4.69) is 15.3 Å². The summed E-state index contributed by atoms with van der Waals surface area (Å²) in [6.07, 6.45) is 0. The van der Waals surface area contributed by atoms with Gasteiger partial charge in [-0.1, -0.05) is 19.1 Å². The average molecular weight is 334 g/mol. The first-order valence-corrected chi connectivity index (χ1v) is 9.06. The highest BCUT2D eigenvalue weighted by molar-refractivity contribution is 7.91. The summed E-state index contributed by atoms with van der Waals surface area (Å²) in [5.74, 6) is 0.708. The Labute approximate surface area is 137 Å². The van der Waals surface area contributed by atoms with Crippen LogP contribution in [0.4, 0.5) is 11.6 Å². The normalized spacial score (nSPS) is 11.3. The number of aryl methyl sites for hydroxylation is 1. The van der Waals surface area contributed by atoms with E-state index in [-0.39, 0.29) is 5.75 Å². The maximum atomic E-state index is 12.2. The maximum absolute atomic E-state index is 12.2. The number of nitrogens with one attached hydrogen (secondary N) is 1. The third-order valence-electron chi connectivity index (χ3n) is 3.36. The molecule has 0 unspecified atom stereocenters. The Balaban J connectivity index is 2.26. The fraction of sp³-hybridized carbons (Fsp3) is 0.375. The van der Waals surface area contributed by atoms with Crippen molar-refractivity contribution in [3.8, 4) is 0 Å². The highest BCUT2D eigenvalue weighted by Gasteiger charge is 2.16. The van der Waals surface area contributed by atoms with Gasteiger partial charge in [0.25, 0.3) is 0 Å². The van der Waals surface area contributed by atoms with Crippen LogP contribution >= 0.6 is 0 Å². The molecule has 2 rings (SSSR count). The molecular weight excluding hydrogens is 312 g/mol. The van der Waals surface area contributed by atoms with Crippen LogP contribution in [0.25, 0.3) is 0 Å². The van der Waals surface area contributed by atoms with Gasteiger partial charge in [-0.3, -0.25) is 0 Å². The van der Waals surface area contributed by atoms with Gasteiger partial charge in [0, 0.05) is 19.8 Å². The molecule has 124 valence electrons. The highest BCUT2D eigenvalue weighted by atomic mass is 32.2. The summed E-state index contributed by atoms with van der Waals surface area (Å²) in [5, 5.41) is 3.18. The zero-order valence-corrected chi connectivity index (χ0v) is 14.7. The molecule has 0 atom stereocenters. The van der Waals surface area contributed by atoms with E-state index in [1.165, 1.54) is 0 Å². The van der Waals surface area contributed by atoms with E-state index < -0.39 is 9.84 Å². The number of benzene rings is 1. The lowest BCUT2D eigenvalue weighted by molar-refractivity contribution is 0.597. The summed E-state index contributed by atoms with van der Waals surface area (Å²) in [7, 11) is 0.502. The van der Waals surface area contributed by atoms with E-state index in [9.17, 15) is 8.42 Å². The molecule has 6 nitrogen and oxygen atoms in total. The van der Waals surface area contributed by atoms with Gasteiger partial charge in [0.2, 0.25) is 5.95 Å². The summed E-state index contributed by atoms with van der Waals surface area (Å²) in [6, 6.07) is 8.82. The minimum absolute atomic E-state index is 0.0725. The summed E-state index contributed by atoms with van der Waals surface area (Å²) < 4.78 is 24.3. The minimum atomic E-state index is -3.27. The Morgan fingerprint density at radius 2 is 1.87 bits per heavy atom. The zero-order chi connectivity index (χ0) is 17.0. The summed E-state index contributed by atoms with van der Waals surface area (Å²) in [4.78, 5) is 11.0. The minimum Gasteiger partial charge on any atom is -0.378 e. The van der Waals surface area contributed by atoms with Crippen LogP contribution in [0.1, 0.15) is 18.3 Å². The lowest BCUT2D eigenvalue weighted by Gasteiger charge is -2.14. The molecule has 0 amide bonds. The van der Waals surface area contributed by atoms with Crippen LogP contribution < -0.4 is 10.2 Å². The predicted molar refractivity (Wildman–Crippen MR) is 92.6 cm³/mol. The van der Waals surface area contributed by atoms with E-state index in [0.717, 1.165) is 11.4 Å². The van der Waals surface area contributed by atoms with Crippen molar-refractivity contribution in [1.82, 2.24) is 9.97 Å². The number of sulfone groups is 1. The van der Waals surface area contributed by atoms with Gasteiger partial charge < -0.3 is 10.2 Å². The highest BCUT2D eigenvalue weighted by Crippen LogP contribution is 2.22. The molecule has 1 aromatic carbocycles. The third kappa shape index (κ3) is 4.19. The number of hydrogen-bond donors (Lipinski definition) is 1. The molecule has 0 saturated carbocycles. The fourth-order valence-corrected chi connectivity index (χ4v) is 3.20. The average Bonchev–Trinajstić information content (AvgIpc) is 2.52. The van der Waals surface area contributed by atoms with Crippen LogP contribution in [0, 0.1) is 6.92 Å². The second-order valence-corrected chi connectivity index (χ2v) is 7.69. The van der Waals surface area contributed by atoms with E-state index >= 15 is 0 Å². The number of rotatable bonds is 6. The van der Waals surface area contributed by atoms with Crippen LogP contribution in [0.15, 0.2) is 35.2 Å². The van der Waals surface area contributed by atoms with E-state index in [1.807, 2.05) is 38.1 Å². The third-order valence-corrected chi connectivity index (χ3v) is 5.14. The van der Waals surface area contributed by atoms with Crippen molar-refractivity contribution in [3.63, 3.8) is 0 Å². The number of anilines is 2. The predicted octanol–water partition coefficient (Wildman–Crippen LogP) is 2.26. The number of hydrogen-bond acceptors (Lipinski definition) is 6. The van der Waals surface area contributed by atoms with Crippen LogP contribution in [0.2, 0.25) is 0 Å². The Bertz CT molecular complexity index is 788. The van der Waals surface area contributed by atoms with Gasteiger partial charge in [-0.2, -0.15) is 0 Å². The van der Waals surface area contributed by atoms with Crippen molar-refractivity contribution in [1.29, 1.82) is 0 Å². The largest absolute Gasteiger partial charge is 0.378 e. The molecule has 0 spiro atoms. The van der Waals surface area contributed by atoms with Crippen molar-refractivity contribution < 1.29 is 8.42 Å². The van der Waals surface area contributed by atoms with Crippen molar-refractivity contribution >= 4 is 21.5 Å². The van der Waals surface area contributed by atoms with Crippen molar-refractivity contribution in [2.75, 3.05) is 30.1 Å². The van der Waals surface area contributed by atoms with Crippen molar-refractivity contribution in [3.05, 3.63) is 41.7 Å². The zero-order valence-electron chi connectivity index (χ0n) is 13.9. The Hall–Kier alpha value is -2.15.